The van der Waals surface area contributed by atoms with Crippen LogP contribution in [0.5, 0.6) is 0 Å². The van der Waals surface area contributed by atoms with Crippen LogP contribution in [0.4, 0.5) is 0 Å². The van der Waals surface area contributed by atoms with Gasteiger partial charge in [-0.1, -0.05) is 0 Å². The highest BCUT2D eigenvalue weighted by Crippen LogP contribution is 2.33. The molecular weight excluding hydrogens is 262 g/mol. The molecule has 94 valence electrons. The largest absolute Gasteiger partial charge is 0.477 e. The van der Waals surface area contributed by atoms with Crippen molar-refractivity contribution in [3.63, 3.8) is 0 Å². The highest BCUT2D eigenvalue weighted by molar-refractivity contribution is 7.89. The lowest BCUT2D eigenvalue weighted by Gasteiger charge is -2.38. The Balaban J connectivity index is 2.22. The van der Waals surface area contributed by atoms with Crippen LogP contribution in [-0.4, -0.2) is 25.0 Å². The van der Waals surface area contributed by atoms with E-state index < -0.39 is 16.0 Å². The van der Waals surface area contributed by atoms with E-state index >= 15 is 0 Å². The topological polar surface area (TPSA) is 83.5 Å². The molecule has 0 aromatic carbocycles. The molecule has 1 fully saturated rings. The van der Waals surface area contributed by atoms with E-state index in [-0.39, 0.29) is 15.3 Å². The molecule has 1 aromatic rings. The van der Waals surface area contributed by atoms with Gasteiger partial charge in [-0.15, -0.1) is 11.3 Å². The Morgan fingerprint density at radius 3 is 2.59 bits per heavy atom. The molecule has 1 heterocycles. The van der Waals surface area contributed by atoms with Gasteiger partial charge in [-0.3, -0.25) is 0 Å². The van der Waals surface area contributed by atoms with Crippen LogP contribution < -0.4 is 4.72 Å². The number of hydrogen-bond donors (Lipinski definition) is 2. The van der Waals surface area contributed by atoms with E-state index in [0.717, 1.165) is 30.6 Å². The van der Waals surface area contributed by atoms with Crippen LogP contribution in [0.25, 0.3) is 0 Å². The molecule has 5 nitrogen and oxygen atoms in total. The van der Waals surface area contributed by atoms with Gasteiger partial charge in [0.05, 0.1) is 4.90 Å². The molecule has 0 spiro atoms. The van der Waals surface area contributed by atoms with Crippen LogP contribution in [-0.2, 0) is 10.0 Å². The molecule has 1 aliphatic rings. The standard InChI is InChI=1S/C10H13NO4S2/c1-10(3-2-4-10)11-17(14,15)7-5-8(9(12)13)16-6-7/h5-6,11H,2-4H2,1H3,(H,12,13). The molecule has 0 radical (unpaired) electrons. The van der Waals surface area contributed by atoms with Crippen molar-refractivity contribution in [2.45, 2.75) is 36.6 Å². The van der Waals surface area contributed by atoms with Crippen LogP contribution >= 0.6 is 11.3 Å². The van der Waals surface area contributed by atoms with E-state index in [1.807, 2.05) is 6.92 Å². The minimum Gasteiger partial charge on any atom is -0.477 e. The number of carboxylic acids is 1. The second kappa shape index (κ2) is 4.08. The molecular formula is C10H13NO4S2. The minimum absolute atomic E-state index is 0.0316. The molecule has 17 heavy (non-hydrogen) atoms. The van der Waals surface area contributed by atoms with Crippen molar-refractivity contribution in [1.29, 1.82) is 0 Å². The van der Waals surface area contributed by atoms with Crippen LogP contribution in [0, 0.1) is 0 Å². The minimum atomic E-state index is -3.59. The fourth-order valence-corrected chi connectivity index (χ4v) is 4.34. The van der Waals surface area contributed by atoms with Gasteiger partial charge in [0.2, 0.25) is 10.0 Å². The average molecular weight is 275 g/mol. The van der Waals surface area contributed by atoms with Gasteiger partial charge in [-0.2, -0.15) is 0 Å². The summed E-state index contributed by atoms with van der Waals surface area (Å²) in [7, 11) is -3.59. The molecule has 0 unspecified atom stereocenters. The second-order valence-electron chi connectivity index (χ2n) is 4.47. The zero-order valence-electron chi connectivity index (χ0n) is 9.26. The van der Waals surface area contributed by atoms with Gasteiger partial charge in [0.1, 0.15) is 4.88 Å². The third-order valence-electron chi connectivity index (χ3n) is 2.93. The quantitative estimate of drug-likeness (QED) is 0.875. The van der Waals surface area contributed by atoms with Crippen LogP contribution in [0.15, 0.2) is 16.3 Å². The molecule has 0 atom stereocenters. The van der Waals surface area contributed by atoms with Crippen molar-refractivity contribution >= 4 is 27.3 Å². The fourth-order valence-electron chi connectivity index (χ4n) is 1.76. The number of carbonyl (C=O) groups is 1. The highest BCUT2D eigenvalue weighted by atomic mass is 32.2. The van der Waals surface area contributed by atoms with E-state index in [1.54, 1.807) is 0 Å². The highest BCUT2D eigenvalue weighted by Gasteiger charge is 2.36. The Hall–Kier alpha value is -0.920. The molecule has 0 aliphatic heterocycles. The summed E-state index contributed by atoms with van der Waals surface area (Å²) in [5, 5.41) is 10.1. The van der Waals surface area contributed by atoms with Crippen molar-refractivity contribution < 1.29 is 18.3 Å². The average Bonchev–Trinajstić information content (AvgIpc) is 2.63. The Kier molecular flexibility index (Phi) is 3.01. The molecule has 2 rings (SSSR count). The van der Waals surface area contributed by atoms with Gasteiger partial charge >= 0.3 is 5.97 Å². The Bertz CT molecular complexity index is 542. The number of thiophene rings is 1. The van der Waals surface area contributed by atoms with E-state index in [4.69, 9.17) is 5.11 Å². The Labute approximate surface area is 104 Å². The van der Waals surface area contributed by atoms with E-state index in [2.05, 4.69) is 4.72 Å². The third kappa shape index (κ3) is 2.51. The van der Waals surface area contributed by atoms with E-state index in [1.165, 1.54) is 11.4 Å². The number of hydrogen-bond acceptors (Lipinski definition) is 4. The summed E-state index contributed by atoms with van der Waals surface area (Å²) in [6.07, 6.45) is 2.66. The van der Waals surface area contributed by atoms with Gasteiger partial charge in [-0.25, -0.2) is 17.9 Å². The van der Waals surface area contributed by atoms with Gasteiger partial charge < -0.3 is 5.11 Å². The molecule has 0 amide bonds. The van der Waals surface area contributed by atoms with Crippen LogP contribution in [0.1, 0.15) is 35.9 Å². The Morgan fingerprint density at radius 2 is 2.18 bits per heavy atom. The maximum absolute atomic E-state index is 12.0. The maximum atomic E-state index is 12.0. The van der Waals surface area contributed by atoms with Crippen LogP contribution in [0.3, 0.4) is 0 Å². The summed E-state index contributed by atoms with van der Waals surface area (Å²) in [4.78, 5) is 10.8. The first kappa shape index (κ1) is 12.5. The smallest absolute Gasteiger partial charge is 0.345 e. The van der Waals surface area contributed by atoms with Gasteiger partial charge in [-0.05, 0) is 32.3 Å². The predicted molar refractivity (Wildman–Crippen MR) is 63.9 cm³/mol. The lowest BCUT2D eigenvalue weighted by atomic mass is 9.80. The summed E-state index contributed by atoms with van der Waals surface area (Å²) in [6, 6.07) is 1.19. The summed E-state index contributed by atoms with van der Waals surface area (Å²) in [5.74, 6) is -1.11. The summed E-state index contributed by atoms with van der Waals surface area (Å²) in [6.45, 7) is 1.86. The second-order valence-corrected chi connectivity index (χ2v) is 7.07. The number of rotatable bonds is 4. The van der Waals surface area contributed by atoms with Crippen molar-refractivity contribution in [2.24, 2.45) is 0 Å². The van der Waals surface area contributed by atoms with Gasteiger partial charge in [0, 0.05) is 10.9 Å². The first-order valence-electron chi connectivity index (χ1n) is 5.18. The van der Waals surface area contributed by atoms with Crippen molar-refractivity contribution in [1.82, 2.24) is 4.72 Å². The van der Waals surface area contributed by atoms with E-state index in [9.17, 15) is 13.2 Å². The molecule has 0 saturated heterocycles. The lowest BCUT2D eigenvalue weighted by molar-refractivity contribution is 0.0702. The predicted octanol–water partition coefficient (Wildman–Crippen LogP) is 1.67. The Morgan fingerprint density at radius 1 is 1.53 bits per heavy atom. The van der Waals surface area contributed by atoms with Crippen molar-refractivity contribution in [3.05, 3.63) is 16.3 Å². The number of carboxylic acid groups (broad SMARTS) is 1. The summed E-state index contributed by atoms with van der Waals surface area (Å²) in [5.41, 5.74) is -0.371. The van der Waals surface area contributed by atoms with Crippen molar-refractivity contribution in [3.8, 4) is 0 Å². The fraction of sp³-hybridized carbons (Fsp3) is 0.500. The number of aromatic carboxylic acids is 1. The molecule has 7 heteroatoms. The monoisotopic (exact) mass is 275 g/mol. The van der Waals surface area contributed by atoms with Gasteiger partial charge in [0.25, 0.3) is 0 Å². The number of nitrogens with one attached hydrogen (secondary N) is 1. The maximum Gasteiger partial charge on any atom is 0.345 e. The lowest BCUT2D eigenvalue weighted by Crippen LogP contribution is -2.50. The zero-order chi connectivity index (χ0) is 12.7. The third-order valence-corrected chi connectivity index (χ3v) is 5.62. The molecule has 1 aliphatic carbocycles. The van der Waals surface area contributed by atoms with Crippen LogP contribution in [0.2, 0.25) is 0 Å². The first-order valence-corrected chi connectivity index (χ1v) is 7.55. The molecule has 2 N–H and O–H groups in total. The normalized spacial score (nSPS) is 18.6. The summed E-state index contributed by atoms with van der Waals surface area (Å²) >= 11 is 0.917. The summed E-state index contributed by atoms with van der Waals surface area (Å²) < 4.78 is 26.6. The SMILES string of the molecule is CC1(NS(=O)(=O)c2csc(C(=O)O)c2)CCC1. The molecule has 1 saturated carbocycles. The molecule has 1 aromatic heterocycles. The zero-order valence-corrected chi connectivity index (χ0v) is 10.9. The first-order chi connectivity index (χ1) is 7.82. The van der Waals surface area contributed by atoms with Crippen molar-refractivity contribution in [2.75, 3.05) is 0 Å². The molecule has 0 bridgehead atoms. The number of sulfonamides is 1. The van der Waals surface area contributed by atoms with Gasteiger partial charge in [0.15, 0.2) is 0 Å². The van der Waals surface area contributed by atoms with E-state index in [0.29, 0.717) is 0 Å².